The number of nitrogens with zero attached hydrogens (tertiary/aromatic N) is 1. The van der Waals surface area contributed by atoms with Crippen LogP contribution in [-0.4, -0.2) is 34.5 Å². The molecule has 0 spiro atoms. The maximum atomic E-state index is 12.1. The van der Waals surface area contributed by atoms with Crippen LogP contribution in [0.15, 0.2) is 10.6 Å². The van der Waals surface area contributed by atoms with Gasteiger partial charge in [0.25, 0.3) is 0 Å². The van der Waals surface area contributed by atoms with Gasteiger partial charge in [-0.2, -0.15) is 0 Å². The van der Waals surface area contributed by atoms with Gasteiger partial charge in [-0.1, -0.05) is 11.6 Å². The Hall–Kier alpha value is -1.50. The summed E-state index contributed by atoms with van der Waals surface area (Å²) < 4.78 is 4.91. The lowest BCUT2D eigenvalue weighted by molar-refractivity contribution is -0.118. The van der Waals surface area contributed by atoms with Crippen molar-refractivity contribution in [3.8, 4) is 0 Å². The molecule has 1 aromatic rings. The SMILES string of the molecule is Cc1cc(NC(=O)C(C)SCC(=O)NCCC2CC3CCC2C3)no1. The van der Waals surface area contributed by atoms with Gasteiger partial charge in [-0.3, -0.25) is 9.59 Å². The fraction of sp³-hybridized carbons (Fsp3) is 0.722. The summed E-state index contributed by atoms with van der Waals surface area (Å²) in [4.78, 5) is 24.0. The minimum Gasteiger partial charge on any atom is -0.360 e. The van der Waals surface area contributed by atoms with Crippen molar-refractivity contribution in [2.75, 3.05) is 17.6 Å². The number of aromatic nitrogens is 1. The maximum Gasteiger partial charge on any atom is 0.238 e. The number of aryl methyl sites for hydroxylation is 1. The summed E-state index contributed by atoms with van der Waals surface area (Å²) in [6.07, 6.45) is 6.66. The normalized spacial score (nSPS) is 25.8. The summed E-state index contributed by atoms with van der Waals surface area (Å²) >= 11 is 1.33. The van der Waals surface area contributed by atoms with Gasteiger partial charge in [-0.05, 0) is 57.3 Å². The molecule has 2 aliphatic carbocycles. The Bertz CT molecular complexity index is 618. The molecule has 0 radical (unpaired) electrons. The molecule has 2 fully saturated rings. The smallest absolute Gasteiger partial charge is 0.238 e. The molecule has 1 heterocycles. The van der Waals surface area contributed by atoms with Gasteiger partial charge >= 0.3 is 0 Å². The summed E-state index contributed by atoms with van der Waals surface area (Å²) in [5.41, 5.74) is 0. The molecule has 25 heavy (non-hydrogen) atoms. The van der Waals surface area contributed by atoms with Crippen LogP contribution in [0, 0.1) is 24.7 Å². The molecule has 0 aromatic carbocycles. The highest BCUT2D eigenvalue weighted by molar-refractivity contribution is 8.01. The Kier molecular flexibility index (Phi) is 6.04. The van der Waals surface area contributed by atoms with Crippen molar-refractivity contribution in [3.05, 3.63) is 11.8 Å². The number of anilines is 1. The number of thioether (sulfide) groups is 1. The lowest BCUT2D eigenvalue weighted by Crippen LogP contribution is -2.30. The van der Waals surface area contributed by atoms with Gasteiger partial charge in [0.1, 0.15) is 5.76 Å². The Labute approximate surface area is 152 Å². The molecule has 0 aliphatic heterocycles. The zero-order valence-electron chi connectivity index (χ0n) is 14.9. The fourth-order valence-electron chi connectivity index (χ4n) is 4.11. The molecule has 3 rings (SSSR count). The van der Waals surface area contributed by atoms with Crippen molar-refractivity contribution in [3.63, 3.8) is 0 Å². The van der Waals surface area contributed by atoms with E-state index in [9.17, 15) is 9.59 Å². The van der Waals surface area contributed by atoms with E-state index in [4.69, 9.17) is 4.52 Å². The van der Waals surface area contributed by atoms with Crippen LogP contribution >= 0.6 is 11.8 Å². The second-order valence-electron chi connectivity index (χ2n) is 7.34. The first-order chi connectivity index (χ1) is 12.0. The summed E-state index contributed by atoms with van der Waals surface area (Å²) in [5.74, 6) is 3.84. The predicted octanol–water partition coefficient (Wildman–Crippen LogP) is 2.99. The van der Waals surface area contributed by atoms with Crippen molar-refractivity contribution >= 4 is 29.4 Å². The molecule has 2 aliphatic rings. The third kappa shape index (κ3) is 5.00. The van der Waals surface area contributed by atoms with Crippen molar-refractivity contribution in [1.29, 1.82) is 0 Å². The number of rotatable bonds is 8. The average Bonchev–Trinajstić information content (AvgIpc) is 3.30. The second-order valence-corrected chi connectivity index (χ2v) is 8.67. The van der Waals surface area contributed by atoms with Gasteiger partial charge in [-0.25, -0.2) is 0 Å². The van der Waals surface area contributed by atoms with Gasteiger partial charge in [0, 0.05) is 12.6 Å². The molecule has 7 heteroatoms. The molecule has 4 atom stereocenters. The number of amides is 2. The topological polar surface area (TPSA) is 84.2 Å². The van der Waals surface area contributed by atoms with E-state index >= 15 is 0 Å². The highest BCUT2D eigenvalue weighted by atomic mass is 32.2. The second kappa shape index (κ2) is 8.25. The molecule has 0 saturated heterocycles. The lowest BCUT2D eigenvalue weighted by Gasteiger charge is -2.21. The van der Waals surface area contributed by atoms with Crippen LogP contribution in [0.3, 0.4) is 0 Å². The van der Waals surface area contributed by atoms with Crippen LogP contribution in [0.2, 0.25) is 0 Å². The largest absolute Gasteiger partial charge is 0.360 e. The average molecular weight is 365 g/mol. The summed E-state index contributed by atoms with van der Waals surface area (Å²) in [6.45, 7) is 4.31. The molecule has 2 saturated carbocycles. The van der Waals surface area contributed by atoms with E-state index < -0.39 is 0 Å². The number of carbonyl (C=O) groups is 2. The Morgan fingerprint density at radius 2 is 2.24 bits per heavy atom. The molecule has 138 valence electrons. The van der Waals surface area contributed by atoms with Gasteiger partial charge in [-0.15, -0.1) is 11.8 Å². The van der Waals surface area contributed by atoms with Crippen molar-refractivity contribution in [2.45, 2.75) is 51.2 Å². The van der Waals surface area contributed by atoms with E-state index in [2.05, 4.69) is 15.8 Å². The summed E-state index contributed by atoms with van der Waals surface area (Å²) in [7, 11) is 0. The number of carbonyl (C=O) groups excluding carboxylic acids is 2. The first kappa shape index (κ1) is 18.3. The van der Waals surface area contributed by atoms with Crippen molar-refractivity contribution in [2.24, 2.45) is 17.8 Å². The minimum absolute atomic E-state index is 0.00471. The molecular formula is C18H27N3O3S. The minimum atomic E-state index is -0.326. The van der Waals surface area contributed by atoms with Gasteiger partial charge in [0.15, 0.2) is 5.82 Å². The number of fused-ring (bicyclic) bond motifs is 2. The van der Waals surface area contributed by atoms with E-state index in [1.807, 2.05) is 0 Å². The molecule has 2 N–H and O–H groups in total. The van der Waals surface area contributed by atoms with Crippen LogP contribution < -0.4 is 10.6 Å². The third-order valence-electron chi connectivity index (χ3n) is 5.43. The standard InChI is InChI=1S/C18H27N3O3S/c1-11-7-16(21-24-11)20-18(23)12(2)25-10-17(22)19-6-5-15-9-13-3-4-14(15)8-13/h7,12-15H,3-6,8-10H2,1-2H3,(H,19,22)(H,20,21,23). The highest BCUT2D eigenvalue weighted by Gasteiger charge is 2.38. The Balaban J connectivity index is 1.29. The van der Waals surface area contributed by atoms with Crippen LogP contribution in [0.4, 0.5) is 5.82 Å². The van der Waals surface area contributed by atoms with Crippen LogP contribution in [0.5, 0.6) is 0 Å². The predicted molar refractivity (Wildman–Crippen MR) is 98.4 cm³/mol. The third-order valence-corrected chi connectivity index (χ3v) is 6.58. The number of hydrogen-bond donors (Lipinski definition) is 2. The van der Waals surface area contributed by atoms with Crippen LogP contribution in [-0.2, 0) is 9.59 Å². The number of nitrogens with one attached hydrogen (secondary N) is 2. The van der Waals surface area contributed by atoms with Gasteiger partial charge in [0.2, 0.25) is 11.8 Å². The maximum absolute atomic E-state index is 12.1. The zero-order chi connectivity index (χ0) is 17.8. The Morgan fingerprint density at radius 1 is 1.40 bits per heavy atom. The molecule has 6 nitrogen and oxygen atoms in total. The first-order valence-corrected chi connectivity index (χ1v) is 10.2. The molecule has 2 amide bonds. The zero-order valence-corrected chi connectivity index (χ0v) is 15.7. The highest BCUT2D eigenvalue weighted by Crippen LogP contribution is 2.49. The lowest BCUT2D eigenvalue weighted by atomic mass is 9.86. The van der Waals surface area contributed by atoms with Gasteiger partial charge < -0.3 is 15.2 Å². The van der Waals surface area contributed by atoms with Crippen molar-refractivity contribution in [1.82, 2.24) is 10.5 Å². The monoisotopic (exact) mass is 365 g/mol. The van der Waals surface area contributed by atoms with Gasteiger partial charge in [0.05, 0.1) is 11.0 Å². The molecule has 1 aromatic heterocycles. The van der Waals surface area contributed by atoms with E-state index in [1.54, 1.807) is 19.9 Å². The van der Waals surface area contributed by atoms with E-state index in [-0.39, 0.29) is 17.1 Å². The summed E-state index contributed by atoms with van der Waals surface area (Å²) in [5, 5.41) is 9.09. The van der Waals surface area contributed by atoms with Crippen molar-refractivity contribution < 1.29 is 14.1 Å². The van der Waals surface area contributed by atoms with E-state index in [0.29, 0.717) is 17.3 Å². The molecule has 2 bridgehead atoms. The van der Waals surface area contributed by atoms with Crippen LogP contribution in [0.25, 0.3) is 0 Å². The molecular weight excluding hydrogens is 338 g/mol. The number of hydrogen-bond acceptors (Lipinski definition) is 5. The van der Waals surface area contributed by atoms with Crippen LogP contribution in [0.1, 0.15) is 44.8 Å². The summed E-state index contributed by atoms with van der Waals surface area (Å²) in [6, 6.07) is 1.66. The van der Waals surface area contributed by atoms with E-state index in [1.165, 1.54) is 37.4 Å². The Morgan fingerprint density at radius 3 is 2.88 bits per heavy atom. The fourth-order valence-corrected chi connectivity index (χ4v) is 4.82. The molecule has 4 unspecified atom stereocenters. The van der Waals surface area contributed by atoms with E-state index in [0.717, 1.165) is 30.7 Å². The quantitative estimate of drug-likeness (QED) is 0.740. The first-order valence-electron chi connectivity index (χ1n) is 9.13.